The summed E-state index contributed by atoms with van der Waals surface area (Å²) < 4.78 is 2.23. The van der Waals surface area contributed by atoms with Crippen LogP contribution in [0.15, 0.2) is 23.5 Å². The van der Waals surface area contributed by atoms with Crippen LogP contribution >= 0.6 is 11.6 Å². The summed E-state index contributed by atoms with van der Waals surface area (Å²) in [6.45, 7) is 5.92. The maximum atomic E-state index is 6.52. The number of likely N-dealkylation sites (tertiary alicyclic amines) is 2. The Bertz CT molecular complexity index is 1060. The van der Waals surface area contributed by atoms with Gasteiger partial charge in [-0.25, -0.2) is 9.97 Å². The molecule has 1 saturated carbocycles. The van der Waals surface area contributed by atoms with Gasteiger partial charge in [0, 0.05) is 25.3 Å². The zero-order chi connectivity index (χ0) is 23.7. The van der Waals surface area contributed by atoms with Gasteiger partial charge in [-0.05, 0) is 101 Å². The van der Waals surface area contributed by atoms with Crippen molar-refractivity contribution in [1.82, 2.24) is 29.3 Å². The Morgan fingerprint density at radius 1 is 0.943 bits per heavy atom. The molecule has 0 N–H and O–H groups in total. The van der Waals surface area contributed by atoms with E-state index in [4.69, 9.17) is 26.6 Å². The quantitative estimate of drug-likeness (QED) is 0.483. The highest BCUT2D eigenvalue weighted by atomic mass is 35.5. The van der Waals surface area contributed by atoms with Gasteiger partial charge in [-0.2, -0.15) is 4.98 Å². The lowest BCUT2D eigenvalue weighted by atomic mass is 9.89. The molecule has 0 bridgehead atoms. The van der Waals surface area contributed by atoms with Gasteiger partial charge in [0.25, 0.3) is 0 Å². The largest absolute Gasteiger partial charge is 0.312 e. The first-order chi connectivity index (χ1) is 17.2. The summed E-state index contributed by atoms with van der Waals surface area (Å²) >= 11 is 6.52. The molecule has 0 amide bonds. The van der Waals surface area contributed by atoms with Crippen molar-refractivity contribution in [2.45, 2.75) is 82.3 Å². The molecule has 0 spiro atoms. The first-order valence-corrected chi connectivity index (χ1v) is 14.2. The molecule has 2 aromatic rings. The molecule has 188 valence electrons. The second-order valence-corrected chi connectivity index (χ2v) is 11.3. The topological polar surface area (TPSA) is 62.4 Å². The van der Waals surface area contributed by atoms with Crippen LogP contribution in [0.3, 0.4) is 0 Å². The molecule has 6 rings (SSSR count). The average Bonchev–Trinajstić information content (AvgIpc) is 3.66. The van der Waals surface area contributed by atoms with Gasteiger partial charge in [-0.3, -0.25) is 9.89 Å². The fourth-order valence-electron chi connectivity index (χ4n) is 6.80. The molecule has 1 unspecified atom stereocenters. The standard InChI is InChI=1S/C27H38ClN7/c28-26-31-24(23-25(32-26)35(20-29-23)22-9-2-3-10-22)27(13-7-14-30-27)34-18-11-21(12-19-34)8-6-17-33-15-4-1-5-16-33/h7,13-14,20-22H,1-6,8-12,15-19H2. The minimum Gasteiger partial charge on any atom is -0.312 e. The van der Waals surface area contributed by atoms with Crippen molar-refractivity contribution in [2.75, 3.05) is 32.7 Å². The molecule has 3 fully saturated rings. The van der Waals surface area contributed by atoms with Crippen LogP contribution in [0.4, 0.5) is 0 Å². The Balaban J connectivity index is 1.18. The van der Waals surface area contributed by atoms with Crippen molar-refractivity contribution in [3.05, 3.63) is 29.5 Å². The van der Waals surface area contributed by atoms with Gasteiger partial charge in [0.05, 0.1) is 6.33 Å². The maximum absolute atomic E-state index is 6.52. The predicted octanol–water partition coefficient (Wildman–Crippen LogP) is 5.37. The molecular formula is C27H38ClN7. The first-order valence-electron chi connectivity index (χ1n) is 13.8. The molecule has 35 heavy (non-hydrogen) atoms. The van der Waals surface area contributed by atoms with Crippen molar-refractivity contribution >= 4 is 29.0 Å². The van der Waals surface area contributed by atoms with Crippen LogP contribution in [0.25, 0.3) is 11.2 Å². The van der Waals surface area contributed by atoms with Crippen LogP contribution in [-0.4, -0.2) is 68.3 Å². The number of allylic oxidation sites excluding steroid dienone is 1. The summed E-state index contributed by atoms with van der Waals surface area (Å²) in [6.07, 6.45) is 22.2. The third-order valence-corrected chi connectivity index (χ3v) is 8.95. The molecular weight excluding hydrogens is 458 g/mol. The molecule has 4 aliphatic rings. The van der Waals surface area contributed by atoms with E-state index in [1.165, 1.54) is 90.3 Å². The number of fused-ring (bicyclic) bond motifs is 1. The van der Waals surface area contributed by atoms with E-state index in [0.717, 1.165) is 35.9 Å². The van der Waals surface area contributed by atoms with Crippen LogP contribution in [0.5, 0.6) is 0 Å². The lowest BCUT2D eigenvalue weighted by molar-refractivity contribution is 0.0826. The number of halogens is 1. The Labute approximate surface area is 213 Å². The van der Waals surface area contributed by atoms with Crippen LogP contribution in [0, 0.1) is 5.92 Å². The highest BCUT2D eigenvalue weighted by molar-refractivity contribution is 6.28. The van der Waals surface area contributed by atoms with E-state index in [2.05, 4.69) is 25.4 Å². The fraction of sp³-hybridized carbons (Fsp3) is 0.704. The maximum Gasteiger partial charge on any atom is 0.224 e. The SMILES string of the molecule is Clc1nc(C2(N3CCC(CCCN4CCCCC4)CC3)C=CC=N2)c2ncn(C3CCCC3)c2n1. The summed E-state index contributed by atoms with van der Waals surface area (Å²) in [5.74, 6) is 0.804. The van der Waals surface area contributed by atoms with Gasteiger partial charge in [-0.15, -0.1) is 0 Å². The number of aliphatic imine (C=N–C) groups is 1. The predicted molar refractivity (Wildman–Crippen MR) is 141 cm³/mol. The average molecular weight is 496 g/mol. The van der Waals surface area contributed by atoms with E-state index in [1.807, 2.05) is 18.6 Å². The van der Waals surface area contributed by atoms with E-state index in [0.29, 0.717) is 6.04 Å². The fourth-order valence-corrected chi connectivity index (χ4v) is 6.96. The molecule has 2 aromatic heterocycles. The summed E-state index contributed by atoms with van der Waals surface area (Å²) in [5, 5.41) is 0.287. The normalized spacial score (nSPS) is 27.0. The summed E-state index contributed by atoms with van der Waals surface area (Å²) in [4.78, 5) is 24.4. The number of rotatable bonds is 7. The third-order valence-electron chi connectivity index (χ3n) is 8.78. The second-order valence-electron chi connectivity index (χ2n) is 10.9. The highest BCUT2D eigenvalue weighted by Gasteiger charge is 2.43. The molecule has 3 aliphatic heterocycles. The van der Waals surface area contributed by atoms with E-state index in [-0.39, 0.29) is 5.28 Å². The molecule has 8 heteroatoms. The molecule has 0 radical (unpaired) electrons. The molecule has 2 saturated heterocycles. The minimum absolute atomic E-state index is 0.287. The van der Waals surface area contributed by atoms with Gasteiger partial charge in [0.15, 0.2) is 11.3 Å². The number of piperidine rings is 2. The van der Waals surface area contributed by atoms with E-state index in [9.17, 15) is 0 Å². The second kappa shape index (κ2) is 10.3. The number of hydrogen-bond donors (Lipinski definition) is 0. The number of aromatic nitrogens is 4. The summed E-state index contributed by atoms with van der Waals surface area (Å²) in [5.41, 5.74) is 1.90. The lowest BCUT2D eigenvalue weighted by Gasteiger charge is -2.41. The molecule has 0 aromatic carbocycles. The zero-order valence-corrected chi connectivity index (χ0v) is 21.5. The van der Waals surface area contributed by atoms with Crippen molar-refractivity contribution < 1.29 is 0 Å². The zero-order valence-electron chi connectivity index (χ0n) is 20.8. The van der Waals surface area contributed by atoms with Gasteiger partial charge in [0.2, 0.25) is 5.28 Å². The summed E-state index contributed by atoms with van der Waals surface area (Å²) in [7, 11) is 0. The van der Waals surface area contributed by atoms with Crippen LogP contribution in [-0.2, 0) is 5.66 Å². The third kappa shape index (κ3) is 4.67. The van der Waals surface area contributed by atoms with Gasteiger partial charge >= 0.3 is 0 Å². The van der Waals surface area contributed by atoms with E-state index < -0.39 is 5.66 Å². The smallest absolute Gasteiger partial charge is 0.224 e. The Morgan fingerprint density at radius 3 is 2.49 bits per heavy atom. The summed E-state index contributed by atoms with van der Waals surface area (Å²) in [6, 6.07) is 0.457. The minimum atomic E-state index is -0.627. The van der Waals surface area contributed by atoms with Gasteiger partial charge in [0.1, 0.15) is 11.2 Å². The van der Waals surface area contributed by atoms with Crippen molar-refractivity contribution in [3.63, 3.8) is 0 Å². The first kappa shape index (κ1) is 23.6. The van der Waals surface area contributed by atoms with Gasteiger partial charge in [-0.1, -0.05) is 19.3 Å². The highest BCUT2D eigenvalue weighted by Crippen LogP contribution is 2.41. The van der Waals surface area contributed by atoms with Crippen LogP contribution in [0.1, 0.15) is 82.4 Å². The van der Waals surface area contributed by atoms with Gasteiger partial charge < -0.3 is 9.47 Å². The lowest BCUT2D eigenvalue weighted by Crippen LogP contribution is -2.47. The van der Waals surface area contributed by atoms with E-state index in [1.54, 1.807) is 0 Å². The van der Waals surface area contributed by atoms with E-state index >= 15 is 0 Å². The molecule has 5 heterocycles. The van der Waals surface area contributed by atoms with Crippen LogP contribution < -0.4 is 0 Å². The van der Waals surface area contributed by atoms with Crippen molar-refractivity contribution in [2.24, 2.45) is 10.9 Å². The Hall–Kier alpha value is -1.83. The number of imidazole rings is 1. The molecule has 1 atom stereocenters. The number of hydrogen-bond acceptors (Lipinski definition) is 6. The van der Waals surface area contributed by atoms with Crippen molar-refractivity contribution in [3.8, 4) is 0 Å². The Kier molecular flexibility index (Phi) is 6.91. The molecule has 7 nitrogen and oxygen atoms in total. The molecule has 1 aliphatic carbocycles. The van der Waals surface area contributed by atoms with Crippen molar-refractivity contribution in [1.29, 1.82) is 0 Å². The van der Waals surface area contributed by atoms with Crippen LogP contribution in [0.2, 0.25) is 5.28 Å². The monoisotopic (exact) mass is 495 g/mol. The number of nitrogens with zero attached hydrogens (tertiary/aromatic N) is 7. The Morgan fingerprint density at radius 2 is 1.74 bits per heavy atom.